The van der Waals surface area contributed by atoms with Crippen LogP contribution in [0.2, 0.25) is 0 Å². The van der Waals surface area contributed by atoms with Crippen molar-refractivity contribution in [1.82, 2.24) is 4.98 Å². The molecule has 0 spiro atoms. The molecule has 1 saturated heterocycles. The van der Waals surface area contributed by atoms with Crippen LogP contribution in [0.25, 0.3) is 10.6 Å². The van der Waals surface area contributed by atoms with Gasteiger partial charge in [-0.3, -0.25) is 0 Å². The van der Waals surface area contributed by atoms with E-state index in [0.717, 1.165) is 28.0 Å². The van der Waals surface area contributed by atoms with Crippen LogP contribution in [-0.4, -0.2) is 35.7 Å². The quantitative estimate of drug-likeness (QED) is 0.888. The van der Waals surface area contributed by atoms with Crippen molar-refractivity contribution in [3.8, 4) is 10.6 Å². The van der Waals surface area contributed by atoms with Gasteiger partial charge in [-0.1, -0.05) is 6.07 Å². The highest BCUT2D eigenvalue weighted by Crippen LogP contribution is 2.32. The average Bonchev–Trinajstić information content (AvgIpc) is 3.02. The van der Waals surface area contributed by atoms with Crippen LogP contribution in [0.3, 0.4) is 0 Å². The first-order valence-electron chi connectivity index (χ1n) is 6.06. The SMILES string of the molecule is OCC1(CSCc2ncc(-c3cccs3)o2)COC1. The Morgan fingerprint density at radius 2 is 2.37 bits per heavy atom. The molecule has 0 aliphatic carbocycles. The number of aliphatic hydroxyl groups excluding tert-OH is 1. The number of aromatic nitrogens is 1. The maximum Gasteiger partial charge on any atom is 0.204 e. The number of thiophene rings is 1. The molecule has 0 radical (unpaired) electrons. The highest BCUT2D eigenvalue weighted by molar-refractivity contribution is 7.98. The second kappa shape index (κ2) is 5.66. The van der Waals surface area contributed by atoms with Gasteiger partial charge in [0.05, 0.1) is 36.6 Å². The molecule has 1 aliphatic heterocycles. The van der Waals surface area contributed by atoms with Gasteiger partial charge in [0.25, 0.3) is 0 Å². The van der Waals surface area contributed by atoms with Crippen molar-refractivity contribution in [2.75, 3.05) is 25.6 Å². The van der Waals surface area contributed by atoms with E-state index in [2.05, 4.69) is 4.98 Å². The maximum absolute atomic E-state index is 9.33. The molecule has 3 heterocycles. The maximum atomic E-state index is 9.33. The molecule has 1 N–H and O–H groups in total. The van der Waals surface area contributed by atoms with Crippen LogP contribution in [0.1, 0.15) is 5.89 Å². The van der Waals surface area contributed by atoms with Gasteiger partial charge >= 0.3 is 0 Å². The molecule has 0 saturated carbocycles. The third-order valence-electron chi connectivity index (χ3n) is 3.10. The Hall–Kier alpha value is -0.820. The summed E-state index contributed by atoms with van der Waals surface area (Å²) in [5, 5.41) is 11.4. The van der Waals surface area contributed by atoms with E-state index in [0.29, 0.717) is 13.2 Å². The number of thioether (sulfide) groups is 1. The summed E-state index contributed by atoms with van der Waals surface area (Å²) < 4.78 is 10.9. The molecule has 0 atom stereocenters. The van der Waals surface area contributed by atoms with E-state index in [1.54, 1.807) is 29.3 Å². The van der Waals surface area contributed by atoms with E-state index >= 15 is 0 Å². The van der Waals surface area contributed by atoms with Gasteiger partial charge in [0.1, 0.15) is 0 Å². The van der Waals surface area contributed by atoms with Crippen molar-refractivity contribution in [2.45, 2.75) is 5.75 Å². The number of hydrogen-bond acceptors (Lipinski definition) is 6. The lowest BCUT2D eigenvalue weighted by Gasteiger charge is -2.39. The van der Waals surface area contributed by atoms with E-state index in [9.17, 15) is 5.11 Å². The van der Waals surface area contributed by atoms with E-state index < -0.39 is 0 Å². The van der Waals surface area contributed by atoms with Crippen molar-refractivity contribution in [2.24, 2.45) is 5.41 Å². The summed E-state index contributed by atoms with van der Waals surface area (Å²) in [4.78, 5) is 5.39. The topological polar surface area (TPSA) is 55.5 Å². The zero-order chi connectivity index (χ0) is 13.1. The fraction of sp³-hybridized carbons (Fsp3) is 0.462. The number of oxazole rings is 1. The zero-order valence-electron chi connectivity index (χ0n) is 10.4. The number of rotatable bonds is 6. The lowest BCUT2D eigenvalue weighted by molar-refractivity contribution is -0.121. The lowest BCUT2D eigenvalue weighted by Crippen LogP contribution is -2.47. The van der Waals surface area contributed by atoms with E-state index in [4.69, 9.17) is 9.15 Å². The van der Waals surface area contributed by atoms with Crippen LogP contribution in [0.4, 0.5) is 0 Å². The van der Waals surface area contributed by atoms with Gasteiger partial charge in [0.15, 0.2) is 5.76 Å². The predicted molar refractivity (Wildman–Crippen MR) is 76.3 cm³/mol. The summed E-state index contributed by atoms with van der Waals surface area (Å²) >= 11 is 3.38. The predicted octanol–water partition coefficient (Wildman–Crippen LogP) is 2.65. The Bertz CT molecular complexity index is 514. The van der Waals surface area contributed by atoms with Gasteiger partial charge in [0.2, 0.25) is 5.89 Å². The Labute approximate surface area is 119 Å². The summed E-state index contributed by atoms with van der Waals surface area (Å²) in [7, 11) is 0. The molecule has 0 unspecified atom stereocenters. The highest BCUT2D eigenvalue weighted by Gasteiger charge is 2.37. The fourth-order valence-corrected chi connectivity index (χ4v) is 3.65. The number of ether oxygens (including phenoxy) is 1. The number of hydrogen-bond donors (Lipinski definition) is 1. The minimum absolute atomic E-state index is 0.0478. The van der Waals surface area contributed by atoms with Crippen LogP contribution in [0.15, 0.2) is 28.1 Å². The molecule has 1 aliphatic rings. The normalized spacial score (nSPS) is 17.3. The first kappa shape index (κ1) is 13.2. The van der Waals surface area contributed by atoms with Crippen molar-refractivity contribution < 1.29 is 14.3 Å². The molecule has 1 fully saturated rings. The van der Waals surface area contributed by atoms with Gasteiger partial charge < -0.3 is 14.3 Å². The van der Waals surface area contributed by atoms with Gasteiger partial charge in [-0.15, -0.1) is 11.3 Å². The molecule has 3 rings (SSSR count). The van der Waals surface area contributed by atoms with Gasteiger partial charge in [0, 0.05) is 11.2 Å². The first-order chi connectivity index (χ1) is 9.31. The van der Waals surface area contributed by atoms with Gasteiger partial charge in [-0.05, 0) is 11.4 Å². The van der Waals surface area contributed by atoms with Crippen molar-refractivity contribution >= 4 is 23.1 Å². The fourth-order valence-electron chi connectivity index (χ4n) is 1.88. The summed E-state index contributed by atoms with van der Waals surface area (Å²) in [6.07, 6.45) is 1.77. The van der Waals surface area contributed by atoms with Crippen molar-refractivity contribution in [1.29, 1.82) is 0 Å². The molecule has 6 heteroatoms. The van der Waals surface area contributed by atoms with Gasteiger partial charge in [-0.2, -0.15) is 11.8 Å². The Balaban J connectivity index is 1.53. The van der Waals surface area contributed by atoms with Crippen LogP contribution in [-0.2, 0) is 10.5 Å². The molecule has 102 valence electrons. The first-order valence-corrected chi connectivity index (χ1v) is 8.10. The minimum Gasteiger partial charge on any atom is -0.439 e. The van der Waals surface area contributed by atoms with Crippen LogP contribution < -0.4 is 0 Å². The molecular formula is C13H15NO3S2. The molecule has 0 amide bonds. The van der Waals surface area contributed by atoms with E-state index in [1.807, 2.05) is 17.5 Å². The summed E-state index contributed by atoms with van der Waals surface area (Å²) in [6.45, 7) is 1.50. The van der Waals surface area contributed by atoms with Crippen molar-refractivity contribution in [3.63, 3.8) is 0 Å². The number of nitrogens with zero attached hydrogens (tertiary/aromatic N) is 1. The Morgan fingerprint density at radius 3 is 3.00 bits per heavy atom. The van der Waals surface area contributed by atoms with Crippen LogP contribution in [0.5, 0.6) is 0 Å². The van der Waals surface area contributed by atoms with E-state index in [1.165, 1.54) is 0 Å². The monoisotopic (exact) mass is 297 g/mol. The van der Waals surface area contributed by atoms with Crippen molar-refractivity contribution in [3.05, 3.63) is 29.6 Å². The van der Waals surface area contributed by atoms with Crippen LogP contribution in [0, 0.1) is 5.41 Å². The highest BCUT2D eigenvalue weighted by atomic mass is 32.2. The largest absolute Gasteiger partial charge is 0.439 e. The Kier molecular flexibility index (Phi) is 3.93. The minimum atomic E-state index is -0.0478. The molecule has 19 heavy (non-hydrogen) atoms. The smallest absolute Gasteiger partial charge is 0.204 e. The molecular weight excluding hydrogens is 282 g/mol. The average molecular weight is 297 g/mol. The number of aliphatic hydroxyl groups is 1. The summed E-state index contributed by atoms with van der Waals surface area (Å²) in [6, 6.07) is 4.02. The molecule has 0 bridgehead atoms. The molecule has 0 aromatic carbocycles. The Morgan fingerprint density at radius 1 is 1.47 bits per heavy atom. The lowest BCUT2D eigenvalue weighted by atomic mass is 9.90. The second-order valence-corrected chi connectivity index (χ2v) is 6.67. The standard InChI is InChI=1S/C13H15NO3S2/c15-6-13(7-16-8-13)9-18-5-12-14-4-10(17-12)11-2-1-3-19-11/h1-4,15H,5-9H2. The molecule has 4 nitrogen and oxygen atoms in total. The van der Waals surface area contributed by atoms with Gasteiger partial charge in [-0.25, -0.2) is 4.98 Å². The molecule has 2 aromatic heterocycles. The second-order valence-electron chi connectivity index (χ2n) is 4.74. The summed E-state index contributed by atoms with van der Waals surface area (Å²) in [5.41, 5.74) is -0.0478. The van der Waals surface area contributed by atoms with E-state index in [-0.39, 0.29) is 12.0 Å². The third kappa shape index (κ3) is 2.86. The zero-order valence-corrected chi connectivity index (χ0v) is 12.0. The third-order valence-corrected chi connectivity index (χ3v) is 5.26. The van der Waals surface area contributed by atoms with Crippen LogP contribution >= 0.6 is 23.1 Å². The molecule has 2 aromatic rings. The summed E-state index contributed by atoms with van der Waals surface area (Å²) in [5.74, 6) is 3.17.